The number of benzene rings is 2. The minimum atomic E-state index is -0.264. The molecule has 0 bridgehead atoms. The number of aryl methyl sites for hydroxylation is 4. The van der Waals surface area contributed by atoms with Crippen LogP contribution >= 0.6 is 11.3 Å². The van der Waals surface area contributed by atoms with E-state index in [2.05, 4.69) is 46.5 Å². The first-order valence-electron chi connectivity index (χ1n) is 13.3. The van der Waals surface area contributed by atoms with E-state index in [0.717, 1.165) is 28.3 Å². The number of hydrogen-bond donors (Lipinski definition) is 0. The van der Waals surface area contributed by atoms with E-state index >= 15 is 0 Å². The molecule has 5 aromatic rings. The molecule has 10 heteroatoms. The molecule has 2 aromatic carbocycles. The Hall–Kier alpha value is -4.70. The van der Waals surface area contributed by atoms with Crippen molar-refractivity contribution in [2.75, 3.05) is 5.01 Å². The summed E-state index contributed by atoms with van der Waals surface area (Å²) in [5.74, 6) is 0.527. The molecule has 4 heterocycles. The molecule has 9 nitrogen and oxygen atoms in total. The van der Waals surface area contributed by atoms with E-state index < -0.39 is 0 Å². The minimum Gasteiger partial charge on any atom is -0.467 e. The highest BCUT2D eigenvalue weighted by atomic mass is 32.1. The van der Waals surface area contributed by atoms with Crippen molar-refractivity contribution in [1.29, 1.82) is 0 Å². The summed E-state index contributed by atoms with van der Waals surface area (Å²) in [6.07, 6.45) is 2.32. The second-order valence-corrected chi connectivity index (χ2v) is 11.2. The van der Waals surface area contributed by atoms with Crippen molar-refractivity contribution in [3.8, 4) is 0 Å². The molecule has 0 amide bonds. The summed E-state index contributed by atoms with van der Waals surface area (Å²) < 4.78 is 7.17. The quantitative estimate of drug-likeness (QED) is 0.195. The van der Waals surface area contributed by atoms with E-state index in [0.29, 0.717) is 39.2 Å². The Kier molecular flexibility index (Phi) is 6.92. The zero-order chi connectivity index (χ0) is 28.7. The largest absolute Gasteiger partial charge is 0.467 e. The fourth-order valence-electron chi connectivity index (χ4n) is 4.78. The van der Waals surface area contributed by atoms with Crippen molar-refractivity contribution < 1.29 is 9.21 Å². The molecular formula is C31H29N7O2S. The lowest BCUT2D eigenvalue weighted by Crippen LogP contribution is -2.17. The van der Waals surface area contributed by atoms with Gasteiger partial charge in [-0.1, -0.05) is 58.9 Å². The fraction of sp³-hybridized carbons (Fsp3) is 0.226. The van der Waals surface area contributed by atoms with Gasteiger partial charge in [0.1, 0.15) is 22.4 Å². The summed E-state index contributed by atoms with van der Waals surface area (Å²) in [5, 5.41) is 20.7. The van der Waals surface area contributed by atoms with Crippen LogP contribution in [0.4, 0.5) is 16.5 Å². The van der Waals surface area contributed by atoms with Crippen LogP contribution in [0.25, 0.3) is 0 Å². The molecule has 1 aliphatic rings. The normalized spacial score (nSPS) is 15.2. The van der Waals surface area contributed by atoms with Crippen LogP contribution in [0.15, 0.2) is 86.7 Å². The average Bonchev–Trinajstić information content (AvgIpc) is 3.76. The lowest BCUT2D eigenvalue weighted by molar-refractivity contribution is 0.0945. The first-order chi connectivity index (χ1) is 19.8. The van der Waals surface area contributed by atoms with Crippen LogP contribution in [0.5, 0.6) is 0 Å². The molecule has 3 aromatic heterocycles. The van der Waals surface area contributed by atoms with Crippen LogP contribution in [0.2, 0.25) is 0 Å². The number of nitrogens with zero attached hydrogens (tertiary/aromatic N) is 7. The standard InChI is InChI=1S/C31H29N7O2S/c1-18-8-12-23(13-9-18)25-17-26(27-7-6-16-40-27)38(36-25)31-32-21(4)29(41-31)30(39)37-22(5)28(20(3)35-37)34-33-24-14-10-19(2)11-15-24/h6-16,26H,17H2,1-5H3. The van der Waals surface area contributed by atoms with E-state index in [9.17, 15) is 4.79 Å². The SMILES string of the molecule is Cc1ccc(N=Nc2c(C)nn(C(=O)c3sc(N4N=C(c5ccc(C)cc5)CC4c4ccco4)nc3C)c2C)cc1. The van der Waals surface area contributed by atoms with Gasteiger partial charge in [0.05, 0.1) is 34.7 Å². The van der Waals surface area contributed by atoms with E-state index in [1.807, 2.05) is 69.1 Å². The molecule has 206 valence electrons. The topological polar surface area (TPSA) is 101 Å². The monoisotopic (exact) mass is 563 g/mol. The highest BCUT2D eigenvalue weighted by Gasteiger charge is 2.35. The number of carbonyl (C=O) groups is 1. The number of aromatic nitrogens is 3. The summed E-state index contributed by atoms with van der Waals surface area (Å²) in [7, 11) is 0. The lowest BCUT2D eigenvalue weighted by Gasteiger charge is -2.18. The van der Waals surface area contributed by atoms with Gasteiger partial charge in [0.2, 0.25) is 5.13 Å². The van der Waals surface area contributed by atoms with Crippen LogP contribution in [-0.4, -0.2) is 26.4 Å². The maximum atomic E-state index is 13.7. The maximum absolute atomic E-state index is 13.7. The molecule has 0 saturated heterocycles. The highest BCUT2D eigenvalue weighted by molar-refractivity contribution is 7.17. The van der Waals surface area contributed by atoms with Gasteiger partial charge in [-0.2, -0.15) is 20.0 Å². The third-order valence-corrected chi connectivity index (χ3v) is 8.22. The fourth-order valence-corrected chi connectivity index (χ4v) is 5.77. The Balaban J connectivity index is 1.32. The van der Waals surface area contributed by atoms with Gasteiger partial charge in [-0.05, 0) is 64.4 Å². The zero-order valence-corrected chi connectivity index (χ0v) is 24.3. The van der Waals surface area contributed by atoms with E-state index in [1.54, 1.807) is 6.26 Å². The lowest BCUT2D eigenvalue weighted by atomic mass is 10.0. The van der Waals surface area contributed by atoms with E-state index in [1.165, 1.54) is 21.6 Å². The first-order valence-corrected chi connectivity index (χ1v) is 14.1. The number of hydrazone groups is 1. The van der Waals surface area contributed by atoms with E-state index in [4.69, 9.17) is 14.5 Å². The van der Waals surface area contributed by atoms with E-state index in [-0.39, 0.29) is 11.9 Å². The first kappa shape index (κ1) is 26.5. The predicted octanol–water partition coefficient (Wildman–Crippen LogP) is 7.93. The van der Waals surface area contributed by atoms with Gasteiger partial charge in [-0.3, -0.25) is 4.79 Å². The Morgan fingerprint density at radius 3 is 2.32 bits per heavy atom. The van der Waals surface area contributed by atoms with Gasteiger partial charge in [-0.15, -0.1) is 5.11 Å². The predicted molar refractivity (Wildman–Crippen MR) is 160 cm³/mol. The van der Waals surface area contributed by atoms with Crippen LogP contribution in [0.3, 0.4) is 0 Å². The number of rotatable bonds is 6. The Morgan fingerprint density at radius 1 is 0.927 bits per heavy atom. The van der Waals surface area contributed by atoms with Crippen LogP contribution < -0.4 is 5.01 Å². The Bertz CT molecular complexity index is 1780. The molecule has 1 atom stereocenters. The summed E-state index contributed by atoms with van der Waals surface area (Å²) in [4.78, 5) is 19.0. The van der Waals surface area contributed by atoms with Crippen molar-refractivity contribution in [2.24, 2.45) is 15.3 Å². The van der Waals surface area contributed by atoms with Crippen molar-refractivity contribution in [3.63, 3.8) is 0 Å². The molecule has 6 rings (SSSR count). The summed E-state index contributed by atoms with van der Waals surface area (Å²) in [5.41, 5.74) is 7.49. The van der Waals surface area contributed by atoms with Crippen molar-refractivity contribution in [2.45, 2.75) is 47.1 Å². The molecule has 0 fully saturated rings. The molecule has 0 radical (unpaired) electrons. The van der Waals surface area contributed by atoms with Crippen molar-refractivity contribution >= 4 is 39.5 Å². The molecule has 1 unspecified atom stereocenters. The third kappa shape index (κ3) is 5.14. The summed E-state index contributed by atoms with van der Waals surface area (Å²) in [6, 6.07) is 19.7. The second kappa shape index (κ2) is 10.7. The average molecular weight is 564 g/mol. The Labute approximate surface area is 241 Å². The minimum absolute atomic E-state index is 0.169. The molecule has 41 heavy (non-hydrogen) atoms. The summed E-state index contributed by atoms with van der Waals surface area (Å²) in [6.45, 7) is 9.57. The zero-order valence-electron chi connectivity index (χ0n) is 23.5. The molecular weight excluding hydrogens is 534 g/mol. The molecule has 0 N–H and O–H groups in total. The maximum Gasteiger partial charge on any atom is 0.290 e. The van der Waals surface area contributed by atoms with Crippen molar-refractivity contribution in [1.82, 2.24) is 14.8 Å². The molecule has 0 aliphatic carbocycles. The van der Waals surface area contributed by atoms with Crippen LogP contribution in [0, 0.1) is 34.6 Å². The molecule has 1 aliphatic heterocycles. The van der Waals surface area contributed by atoms with Crippen molar-refractivity contribution in [3.05, 3.63) is 111 Å². The van der Waals surface area contributed by atoms with Crippen LogP contribution in [-0.2, 0) is 0 Å². The number of hydrogen-bond acceptors (Lipinski definition) is 9. The van der Waals surface area contributed by atoms with Gasteiger partial charge >= 0.3 is 0 Å². The summed E-state index contributed by atoms with van der Waals surface area (Å²) >= 11 is 1.30. The third-order valence-electron chi connectivity index (χ3n) is 7.09. The van der Waals surface area contributed by atoms with Gasteiger partial charge in [0.25, 0.3) is 5.91 Å². The number of thiazole rings is 1. The highest BCUT2D eigenvalue weighted by Crippen LogP contribution is 2.40. The van der Waals surface area contributed by atoms with Gasteiger partial charge in [0, 0.05) is 6.42 Å². The molecule has 0 saturated carbocycles. The van der Waals surface area contributed by atoms with Gasteiger partial charge in [-0.25, -0.2) is 9.99 Å². The van der Waals surface area contributed by atoms with Gasteiger partial charge < -0.3 is 4.42 Å². The van der Waals surface area contributed by atoms with Crippen LogP contribution in [0.1, 0.15) is 61.7 Å². The Morgan fingerprint density at radius 2 is 1.63 bits per heavy atom. The number of carbonyl (C=O) groups excluding carboxylic acids is 1. The smallest absolute Gasteiger partial charge is 0.290 e. The number of anilines is 1. The number of furan rings is 1. The van der Waals surface area contributed by atoms with Gasteiger partial charge in [0.15, 0.2) is 0 Å². The molecule has 0 spiro atoms. The second-order valence-electron chi connectivity index (χ2n) is 10.2. The number of azo groups is 1.